The lowest BCUT2D eigenvalue weighted by Gasteiger charge is -2.17. The highest BCUT2D eigenvalue weighted by Gasteiger charge is 2.18. The zero-order chi connectivity index (χ0) is 34.5. The van der Waals surface area contributed by atoms with E-state index in [2.05, 4.69) is 38.2 Å². The number of hydrogen-bond acceptors (Lipinski definition) is 6. The van der Waals surface area contributed by atoms with Gasteiger partial charge in [-0.3, -0.25) is 14.4 Å². The molecule has 0 aromatic carbocycles. The smallest absolute Gasteiger partial charge is 0.306 e. The molecule has 6 heteroatoms. The first kappa shape index (κ1) is 44.9. The Balaban J connectivity index is 3.87. The van der Waals surface area contributed by atoms with Crippen molar-refractivity contribution in [3.63, 3.8) is 0 Å². The molecular formula is C41H74O6. The number of esters is 3. The molecule has 0 aliphatic carbocycles. The molecule has 0 spiro atoms. The zero-order valence-corrected chi connectivity index (χ0v) is 31.0. The molecule has 274 valence electrons. The summed E-state index contributed by atoms with van der Waals surface area (Å²) in [5.74, 6) is -1.10. The summed E-state index contributed by atoms with van der Waals surface area (Å²) in [6.07, 6.45) is 40.5. The number of unbranched alkanes of at least 4 members (excludes halogenated alkanes) is 22. The van der Waals surface area contributed by atoms with Gasteiger partial charge in [-0.15, -0.1) is 0 Å². The van der Waals surface area contributed by atoms with E-state index in [1.807, 2.05) is 0 Å². The summed E-state index contributed by atoms with van der Waals surface area (Å²) in [7, 11) is 0. The molecule has 0 aromatic heterocycles. The van der Waals surface area contributed by atoms with Crippen molar-refractivity contribution in [3.05, 3.63) is 24.3 Å². The molecule has 0 aliphatic rings. The first-order valence-electron chi connectivity index (χ1n) is 19.8. The maximum absolute atomic E-state index is 12.4. The molecule has 0 saturated carbocycles. The lowest BCUT2D eigenvalue weighted by Crippen LogP contribution is -2.30. The molecule has 6 nitrogen and oxygen atoms in total. The van der Waals surface area contributed by atoms with Crippen molar-refractivity contribution >= 4 is 17.9 Å². The largest absolute Gasteiger partial charge is 0.462 e. The van der Waals surface area contributed by atoms with Crippen LogP contribution in [-0.2, 0) is 28.6 Å². The van der Waals surface area contributed by atoms with Crippen LogP contribution in [0, 0.1) is 0 Å². The van der Waals surface area contributed by atoms with Gasteiger partial charge in [0.2, 0.25) is 0 Å². The van der Waals surface area contributed by atoms with Gasteiger partial charge < -0.3 is 14.2 Å². The van der Waals surface area contributed by atoms with Crippen LogP contribution in [0.1, 0.15) is 201 Å². The van der Waals surface area contributed by atoms with Crippen molar-refractivity contribution in [1.82, 2.24) is 0 Å². The minimum Gasteiger partial charge on any atom is -0.462 e. The molecule has 0 rings (SSSR count). The average molecular weight is 663 g/mol. The Morgan fingerprint density at radius 1 is 0.447 bits per heavy atom. The molecule has 0 unspecified atom stereocenters. The Labute approximate surface area is 290 Å². The van der Waals surface area contributed by atoms with Gasteiger partial charge in [0.25, 0.3) is 0 Å². The standard InChI is InChI=1S/C41H74O6/c1-4-6-8-10-12-14-16-18-20-22-24-26-28-30-32-34-40(43)46-37-39(36-45-38(3)42)47-41(44)35-33-31-29-27-25-23-21-19-17-15-13-11-9-7-5-2/h18-21,39H,4-17,22-37H2,1-3H3/b20-18-,21-19-/t39-/m1/s1. The number of carbonyl (C=O) groups is 3. The molecule has 0 aliphatic heterocycles. The molecule has 0 heterocycles. The van der Waals surface area contributed by atoms with Crippen LogP contribution in [0.25, 0.3) is 0 Å². The van der Waals surface area contributed by atoms with Crippen molar-refractivity contribution < 1.29 is 28.6 Å². The molecular weight excluding hydrogens is 588 g/mol. The predicted octanol–water partition coefficient (Wildman–Crippen LogP) is 12.1. The third-order valence-electron chi connectivity index (χ3n) is 8.49. The fourth-order valence-corrected chi connectivity index (χ4v) is 5.51. The quantitative estimate of drug-likeness (QED) is 0.0291. The normalized spacial score (nSPS) is 12.1. The Bertz CT molecular complexity index is 774. The van der Waals surface area contributed by atoms with Crippen molar-refractivity contribution in [2.24, 2.45) is 0 Å². The minimum absolute atomic E-state index is 0.0880. The van der Waals surface area contributed by atoms with Crippen LogP contribution >= 0.6 is 0 Å². The molecule has 1 atom stereocenters. The van der Waals surface area contributed by atoms with E-state index in [4.69, 9.17) is 14.2 Å². The third kappa shape index (κ3) is 36.6. The summed E-state index contributed by atoms with van der Waals surface area (Å²) in [6, 6.07) is 0. The van der Waals surface area contributed by atoms with Crippen molar-refractivity contribution in [2.75, 3.05) is 13.2 Å². The van der Waals surface area contributed by atoms with Gasteiger partial charge in [-0.25, -0.2) is 0 Å². The van der Waals surface area contributed by atoms with E-state index in [9.17, 15) is 14.4 Å². The van der Waals surface area contributed by atoms with E-state index in [0.717, 1.165) is 57.8 Å². The fourth-order valence-electron chi connectivity index (χ4n) is 5.51. The lowest BCUT2D eigenvalue weighted by atomic mass is 10.1. The van der Waals surface area contributed by atoms with Crippen molar-refractivity contribution in [3.8, 4) is 0 Å². The van der Waals surface area contributed by atoms with Crippen LogP contribution < -0.4 is 0 Å². The highest BCUT2D eigenvalue weighted by atomic mass is 16.6. The summed E-state index contributed by atoms with van der Waals surface area (Å²) in [5.41, 5.74) is 0. The monoisotopic (exact) mass is 663 g/mol. The second-order valence-electron chi connectivity index (χ2n) is 13.3. The molecule has 0 amide bonds. The van der Waals surface area contributed by atoms with Crippen molar-refractivity contribution in [1.29, 1.82) is 0 Å². The van der Waals surface area contributed by atoms with Gasteiger partial charge in [-0.05, 0) is 64.2 Å². The van der Waals surface area contributed by atoms with E-state index < -0.39 is 12.1 Å². The van der Waals surface area contributed by atoms with E-state index >= 15 is 0 Å². The maximum Gasteiger partial charge on any atom is 0.306 e. The maximum atomic E-state index is 12.4. The lowest BCUT2D eigenvalue weighted by molar-refractivity contribution is -0.166. The first-order valence-corrected chi connectivity index (χ1v) is 19.8. The number of carbonyl (C=O) groups excluding carboxylic acids is 3. The predicted molar refractivity (Wildman–Crippen MR) is 196 cm³/mol. The van der Waals surface area contributed by atoms with Gasteiger partial charge >= 0.3 is 17.9 Å². The van der Waals surface area contributed by atoms with Crippen LogP contribution in [-0.4, -0.2) is 37.2 Å². The number of ether oxygens (including phenoxy) is 3. The van der Waals surface area contributed by atoms with Crippen LogP contribution in [0.4, 0.5) is 0 Å². The SMILES string of the molecule is CCCCCCCC/C=C\CCCCCCCC(=O)OC[C@@H](COC(C)=O)OC(=O)CCCCCCC/C=C\CCCCCCCC. The van der Waals surface area contributed by atoms with Gasteiger partial charge in [-0.1, -0.05) is 141 Å². The van der Waals surface area contributed by atoms with Gasteiger partial charge in [0.15, 0.2) is 6.10 Å². The van der Waals surface area contributed by atoms with Gasteiger partial charge in [0.05, 0.1) is 0 Å². The van der Waals surface area contributed by atoms with Crippen LogP contribution in [0.2, 0.25) is 0 Å². The summed E-state index contributed by atoms with van der Waals surface area (Å²) in [6.45, 7) is 5.63. The number of rotatable bonds is 35. The third-order valence-corrected chi connectivity index (χ3v) is 8.49. The Morgan fingerprint density at radius 2 is 0.787 bits per heavy atom. The average Bonchev–Trinajstić information content (AvgIpc) is 3.05. The molecule has 47 heavy (non-hydrogen) atoms. The molecule has 0 fully saturated rings. The van der Waals surface area contributed by atoms with Crippen LogP contribution in [0.5, 0.6) is 0 Å². The second-order valence-corrected chi connectivity index (χ2v) is 13.3. The van der Waals surface area contributed by atoms with Gasteiger partial charge in [0, 0.05) is 19.8 Å². The van der Waals surface area contributed by atoms with E-state index in [1.165, 1.54) is 116 Å². The zero-order valence-electron chi connectivity index (χ0n) is 31.0. The minimum atomic E-state index is -0.771. The van der Waals surface area contributed by atoms with Gasteiger partial charge in [-0.2, -0.15) is 0 Å². The summed E-state index contributed by atoms with van der Waals surface area (Å²) in [5, 5.41) is 0. The topological polar surface area (TPSA) is 78.9 Å². The van der Waals surface area contributed by atoms with Gasteiger partial charge in [0.1, 0.15) is 13.2 Å². The summed E-state index contributed by atoms with van der Waals surface area (Å²) >= 11 is 0. The highest BCUT2D eigenvalue weighted by molar-refractivity contribution is 5.70. The molecule has 0 N–H and O–H groups in total. The van der Waals surface area contributed by atoms with Crippen molar-refractivity contribution in [2.45, 2.75) is 207 Å². The van der Waals surface area contributed by atoms with E-state index in [1.54, 1.807) is 0 Å². The van der Waals surface area contributed by atoms with E-state index in [-0.39, 0.29) is 25.2 Å². The highest BCUT2D eigenvalue weighted by Crippen LogP contribution is 2.13. The Kier molecular flexibility index (Phi) is 35.1. The molecule has 0 bridgehead atoms. The second kappa shape index (κ2) is 36.7. The van der Waals surface area contributed by atoms with Crippen LogP contribution in [0.3, 0.4) is 0 Å². The molecule has 0 radical (unpaired) electrons. The number of allylic oxidation sites excluding steroid dienone is 4. The fraction of sp³-hybridized carbons (Fsp3) is 0.829. The van der Waals surface area contributed by atoms with Crippen LogP contribution in [0.15, 0.2) is 24.3 Å². The Hall–Kier alpha value is -2.11. The molecule has 0 saturated heterocycles. The molecule has 0 aromatic rings. The van der Waals surface area contributed by atoms with E-state index in [0.29, 0.717) is 12.8 Å². The number of hydrogen-bond donors (Lipinski definition) is 0. The summed E-state index contributed by atoms with van der Waals surface area (Å²) < 4.78 is 15.9. The Morgan fingerprint density at radius 3 is 1.19 bits per heavy atom. The first-order chi connectivity index (χ1) is 23.0. The summed E-state index contributed by atoms with van der Waals surface area (Å²) in [4.78, 5) is 35.9.